The van der Waals surface area contributed by atoms with Gasteiger partial charge in [0.25, 0.3) is 5.91 Å². The summed E-state index contributed by atoms with van der Waals surface area (Å²) in [6, 6.07) is 11.5. The van der Waals surface area contributed by atoms with E-state index in [-0.39, 0.29) is 12.4 Å². The molecule has 0 unspecified atom stereocenters. The van der Waals surface area contributed by atoms with Crippen molar-refractivity contribution in [3.63, 3.8) is 0 Å². The third kappa shape index (κ3) is 5.20. The average Bonchev–Trinajstić information content (AvgIpc) is 2.94. The highest BCUT2D eigenvalue weighted by molar-refractivity contribution is 6.32. The van der Waals surface area contributed by atoms with Gasteiger partial charge in [-0.25, -0.2) is 14.5 Å². The molecule has 3 rings (SSSR count). The zero-order chi connectivity index (χ0) is 21.0. The van der Waals surface area contributed by atoms with Crippen LogP contribution in [0.5, 0.6) is 5.75 Å². The van der Waals surface area contributed by atoms with Crippen LogP contribution < -0.4 is 10.2 Å². The Balaban J connectivity index is 1.62. The predicted molar refractivity (Wildman–Crippen MR) is 110 cm³/mol. The van der Waals surface area contributed by atoms with Crippen LogP contribution in [-0.4, -0.2) is 28.5 Å². The van der Waals surface area contributed by atoms with E-state index in [2.05, 4.69) is 15.6 Å². The SMILES string of the molecule is Cc1cc(C)cc(OCC(=O)N/N=C\c2c(C)nn(-c3ccc(F)cc3)c2Cl)c1. The number of nitrogens with zero attached hydrogens (tertiary/aromatic N) is 3. The van der Waals surface area contributed by atoms with Gasteiger partial charge in [-0.15, -0.1) is 0 Å². The van der Waals surface area contributed by atoms with Crippen LogP contribution >= 0.6 is 11.6 Å². The van der Waals surface area contributed by atoms with Crippen LogP contribution in [0.3, 0.4) is 0 Å². The van der Waals surface area contributed by atoms with E-state index in [1.807, 2.05) is 32.0 Å². The summed E-state index contributed by atoms with van der Waals surface area (Å²) in [5.74, 6) is -0.123. The van der Waals surface area contributed by atoms with Crippen LogP contribution in [0.25, 0.3) is 5.69 Å². The number of hydrazone groups is 1. The number of amides is 1. The number of aromatic nitrogens is 2. The van der Waals surface area contributed by atoms with Crippen LogP contribution in [0.2, 0.25) is 5.15 Å². The molecule has 6 nitrogen and oxygen atoms in total. The number of ether oxygens (including phenoxy) is 1. The summed E-state index contributed by atoms with van der Waals surface area (Å²) in [5, 5.41) is 8.57. The molecular weight excluding hydrogens is 395 g/mol. The lowest BCUT2D eigenvalue weighted by atomic mass is 10.1. The van der Waals surface area contributed by atoms with E-state index < -0.39 is 5.91 Å². The summed E-state index contributed by atoms with van der Waals surface area (Å²) in [5.41, 5.74) is 6.29. The van der Waals surface area contributed by atoms with Crippen LogP contribution in [0.4, 0.5) is 4.39 Å². The van der Waals surface area contributed by atoms with Crippen molar-refractivity contribution in [1.29, 1.82) is 0 Å². The molecule has 150 valence electrons. The van der Waals surface area contributed by atoms with Crippen molar-refractivity contribution in [2.45, 2.75) is 20.8 Å². The van der Waals surface area contributed by atoms with Gasteiger partial charge in [-0.2, -0.15) is 10.2 Å². The summed E-state index contributed by atoms with van der Waals surface area (Å²) in [6.45, 7) is 5.52. The Bertz CT molecular complexity index is 1040. The number of carbonyl (C=O) groups is 1. The van der Waals surface area contributed by atoms with Gasteiger partial charge in [0.05, 0.1) is 23.2 Å². The third-order valence-electron chi connectivity index (χ3n) is 4.07. The van der Waals surface area contributed by atoms with E-state index in [0.717, 1.165) is 11.1 Å². The number of nitrogens with one attached hydrogen (secondary N) is 1. The van der Waals surface area contributed by atoms with Crippen LogP contribution in [-0.2, 0) is 4.79 Å². The molecule has 1 amide bonds. The molecule has 0 aliphatic heterocycles. The van der Waals surface area contributed by atoms with Gasteiger partial charge in [0, 0.05) is 0 Å². The van der Waals surface area contributed by atoms with Crippen molar-refractivity contribution in [2.75, 3.05) is 6.61 Å². The summed E-state index contributed by atoms with van der Waals surface area (Å²) in [6.07, 6.45) is 1.42. The van der Waals surface area contributed by atoms with E-state index in [0.29, 0.717) is 27.8 Å². The number of rotatable bonds is 6. The zero-order valence-electron chi connectivity index (χ0n) is 16.2. The minimum atomic E-state index is -0.403. The maximum Gasteiger partial charge on any atom is 0.277 e. The Kier molecular flexibility index (Phi) is 6.29. The first-order valence-electron chi connectivity index (χ1n) is 8.87. The Morgan fingerprint density at radius 2 is 1.86 bits per heavy atom. The monoisotopic (exact) mass is 414 g/mol. The molecule has 0 bridgehead atoms. The highest BCUT2D eigenvalue weighted by Gasteiger charge is 2.13. The molecule has 2 aromatic carbocycles. The van der Waals surface area contributed by atoms with E-state index in [4.69, 9.17) is 16.3 Å². The van der Waals surface area contributed by atoms with E-state index in [1.165, 1.54) is 23.0 Å². The third-order valence-corrected chi connectivity index (χ3v) is 4.43. The molecule has 0 radical (unpaired) electrons. The van der Waals surface area contributed by atoms with Gasteiger partial charge in [-0.1, -0.05) is 17.7 Å². The Hall–Kier alpha value is -3.19. The Morgan fingerprint density at radius 1 is 1.21 bits per heavy atom. The molecule has 1 aromatic heterocycles. The van der Waals surface area contributed by atoms with Crippen LogP contribution in [0, 0.1) is 26.6 Å². The second-order valence-corrected chi connectivity index (χ2v) is 6.94. The molecule has 0 aliphatic rings. The number of aryl methyl sites for hydroxylation is 3. The van der Waals surface area contributed by atoms with Crippen molar-refractivity contribution in [3.8, 4) is 11.4 Å². The topological polar surface area (TPSA) is 68.5 Å². The normalized spacial score (nSPS) is 11.1. The number of carbonyl (C=O) groups excluding carboxylic acids is 1. The molecule has 1 N–H and O–H groups in total. The number of hydrogen-bond donors (Lipinski definition) is 1. The first-order chi connectivity index (χ1) is 13.8. The van der Waals surface area contributed by atoms with E-state index >= 15 is 0 Å². The molecule has 8 heteroatoms. The molecule has 1 heterocycles. The minimum Gasteiger partial charge on any atom is -0.484 e. The van der Waals surface area contributed by atoms with Crippen molar-refractivity contribution < 1.29 is 13.9 Å². The first-order valence-corrected chi connectivity index (χ1v) is 9.25. The summed E-state index contributed by atoms with van der Waals surface area (Å²) in [7, 11) is 0. The minimum absolute atomic E-state index is 0.165. The maximum absolute atomic E-state index is 13.1. The van der Waals surface area contributed by atoms with Gasteiger partial charge >= 0.3 is 0 Å². The summed E-state index contributed by atoms with van der Waals surface area (Å²) >= 11 is 6.37. The van der Waals surface area contributed by atoms with Crippen LogP contribution in [0.15, 0.2) is 47.6 Å². The van der Waals surface area contributed by atoms with E-state index in [9.17, 15) is 9.18 Å². The molecule has 29 heavy (non-hydrogen) atoms. The fraction of sp³-hybridized carbons (Fsp3) is 0.190. The van der Waals surface area contributed by atoms with Gasteiger partial charge < -0.3 is 4.74 Å². The molecule has 0 aliphatic carbocycles. The van der Waals surface area contributed by atoms with Crippen LogP contribution in [0.1, 0.15) is 22.4 Å². The quantitative estimate of drug-likeness (QED) is 0.487. The summed E-state index contributed by atoms with van der Waals surface area (Å²) < 4.78 is 20.1. The molecule has 0 saturated heterocycles. The Morgan fingerprint density at radius 3 is 2.52 bits per heavy atom. The van der Waals surface area contributed by atoms with Gasteiger partial charge in [0.15, 0.2) is 6.61 Å². The second kappa shape index (κ2) is 8.87. The standard InChI is InChI=1S/C21H20ClFN4O2/c1-13-8-14(2)10-18(9-13)29-12-20(28)25-24-11-19-15(3)26-27(21(19)22)17-6-4-16(23)5-7-17/h4-11H,12H2,1-3H3,(H,25,28)/b24-11-. The lowest BCUT2D eigenvalue weighted by molar-refractivity contribution is -0.123. The van der Waals surface area contributed by atoms with Crippen molar-refractivity contribution in [2.24, 2.45) is 5.10 Å². The highest BCUT2D eigenvalue weighted by atomic mass is 35.5. The van der Waals surface area contributed by atoms with Crippen molar-refractivity contribution in [3.05, 3.63) is 75.8 Å². The molecule has 0 saturated carbocycles. The predicted octanol–water partition coefficient (Wildman–Crippen LogP) is 4.12. The second-order valence-electron chi connectivity index (χ2n) is 6.58. The average molecular weight is 415 g/mol. The molecule has 0 spiro atoms. The molecule has 3 aromatic rings. The van der Waals surface area contributed by atoms with Gasteiger partial charge in [-0.05, 0) is 68.3 Å². The van der Waals surface area contributed by atoms with Gasteiger partial charge in [0.1, 0.15) is 16.7 Å². The lowest BCUT2D eigenvalue weighted by Gasteiger charge is -2.07. The summed E-state index contributed by atoms with van der Waals surface area (Å²) in [4.78, 5) is 12.0. The maximum atomic E-state index is 13.1. The lowest BCUT2D eigenvalue weighted by Crippen LogP contribution is -2.24. The fourth-order valence-corrected chi connectivity index (χ4v) is 3.10. The Labute approximate surface area is 173 Å². The molecule has 0 atom stereocenters. The number of benzene rings is 2. The largest absolute Gasteiger partial charge is 0.484 e. The first kappa shape index (κ1) is 20.5. The van der Waals surface area contributed by atoms with E-state index in [1.54, 1.807) is 19.1 Å². The van der Waals surface area contributed by atoms with Crippen molar-refractivity contribution in [1.82, 2.24) is 15.2 Å². The highest BCUT2D eigenvalue weighted by Crippen LogP contribution is 2.22. The van der Waals surface area contributed by atoms with Gasteiger partial charge in [-0.3, -0.25) is 4.79 Å². The fourth-order valence-electron chi connectivity index (χ4n) is 2.78. The van der Waals surface area contributed by atoms with Gasteiger partial charge in [0.2, 0.25) is 0 Å². The zero-order valence-corrected chi connectivity index (χ0v) is 17.0. The number of halogens is 2. The molecule has 0 fully saturated rings. The number of hydrogen-bond acceptors (Lipinski definition) is 4. The smallest absolute Gasteiger partial charge is 0.277 e. The van der Waals surface area contributed by atoms with Crippen molar-refractivity contribution >= 4 is 23.7 Å². The molecular formula is C21H20ClFN4O2.